The quantitative estimate of drug-likeness (QED) is 0.0534. The van der Waals surface area contributed by atoms with E-state index in [1.54, 1.807) is 20.8 Å². The number of ether oxygens (including phenoxy) is 6. The van der Waals surface area contributed by atoms with Crippen molar-refractivity contribution in [3.8, 4) is 0 Å². The molecule has 0 saturated carbocycles. The fourth-order valence-electron chi connectivity index (χ4n) is 0.913. The molecule has 0 unspecified atom stereocenters. The Morgan fingerprint density at radius 3 is 0.622 bits per heavy atom. The molecule has 0 atom stereocenters. The van der Waals surface area contributed by atoms with Gasteiger partial charge in [0.15, 0.2) is 0 Å². The smallest absolute Gasteiger partial charge is 0.333 e. The first-order valence-electron chi connectivity index (χ1n) is 11.5. The van der Waals surface area contributed by atoms with Crippen molar-refractivity contribution in [2.45, 2.75) is 20.8 Å². The highest BCUT2D eigenvalue weighted by Gasteiger charge is 1.99. The van der Waals surface area contributed by atoms with Crippen molar-refractivity contribution in [1.29, 1.82) is 0 Å². The van der Waals surface area contributed by atoms with Crippen molar-refractivity contribution in [3.05, 3.63) is 74.4 Å². The molecule has 0 rings (SSSR count). The van der Waals surface area contributed by atoms with Crippen molar-refractivity contribution in [2.75, 3.05) is 35.6 Å². The van der Waals surface area contributed by atoms with E-state index in [2.05, 4.69) is 144 Å². The largest absolute Gasteiger partial charge is 0.452 e. The molecule has 0 aromatic heterocycles. The molecule has 0 spiro atoms. The van der Waals surface area contributed by atoms with Gasteiger partial charge in [0.05, 0.1) is 0 Å². The summed E-state index contributed by atoms with van der Waals surface area (Å²) in [6.07, 6.45) is 3.28. The Hall–Kier alpha value is -2.64. The highest BCUT2D eigenvalue weighted by Crippen LogP contribution is 1.93. The van der Waals surface area contributed by atoms with E-state index in [0.29, 0.717) is 16.7 Å². The van der Waals surface area contributed by atoms with Crippen LogP contribution in [0, 0.1) is 0 Å². The molecule has 0 aliphatic carbocycles. The van der Waals surface area contributed by atoms with Gasteiger partial charge in [-0.3, -0.25) is 0 Å². The summed E-state index contributed by atoms with van der Waals surface area (Å²) in [7, 11) is 0. The molecule has 18 heteroatoms. The zero-order chi connectivity index (χ0) is 36.8. The first-order chi connectivity index (χ1) is 21.0. The number of esters is 6. The van der Waals surface area contributed by atoms with Crippen LogP contribution in [-0.4, -0.2) is 71.4 Å². The van der Waals surface area contributed by atoms with Crippen LogP contribution in [0.1, 0.15) is 20.8 Å². The van der Waals surface area contributed by atoms with Crippen LogP contribution >= 0.6 is 75.8 Å². The number of carbonyl (C=O) groups excluding carboxylic acids is 6. The van der Waals surface area contributed by atoms with Crippen molar-refractivity contribution >= 4 is 112 Å². The molecule has 0 heterocycles. The van der Waals surface area contributed by atoms with Crippen LogP contribution < -0.4 is 0 Å². The lowest BCUT2D eigenvalue weighted by atomic mass is 10.4. The number of hydrogen-bond donors (Lipinski definition) is 6. The third-order valence-electron chi connectivity index (χ3n) is 2.75. The van der Waals surface area contributed by atoms with E-state index in [-0.39, 0.29) is 53.5 Å². The van der Waals surface area contributed by atoms with Gasteiger partial charge in [-0.15, -0.1) is 75.8 Å². The maximum atomic E-state index is 10.4. The summed E-state index contributed by atoms with van der Waals surface area (Å²) in [5.74, 6) is -1.77. The second kappa shape index (κ2) is 43.5. The minimum Gasteiger partial charge on any atom is -0.452 e. The molecule has 0 aromatic rings. The molecule has 12 nitrogen and oxygen atoms in total. The third kappa shape index (κ3) is 57.6. The van der Waals surface area contributed by atoms with E-state index in [4.69, 9.17) is 0 Å². The maximum Gasteiger partial charge on any atom is 0.333 e. The Morgan fingerprint density at radius 1 is 0.422 bits per heavy atom. The molecule has 0 amide bonds. The summed E-state index contributed by atoms with van der Waals surface area (Å²) in [6, 6.07) is 0. The molecule has 0 N–H and O–H groups in total. The summed E-state index contributed by atoms with van der Waals surface area (Å²) >= 11 is 21.9. The summed E-state index contributed by atoms with van der Waals surface area (Å²) in [5.41, 5.74) is 1.21. The molecule has 0 bridgehead atoms. The molecule has 0 radical (unpaired) electrons. The van der Waals surface area contributed by atoms with Crippen LogP contribution in [0.15, 0.2) is 74.4 Å². The molecular formula is C27H42O12S6. The molecule has 45 heavy (non-hydrogen) atoms. The van der Waals surface area contributed by atoms with Gasteiger partial charge in [-0.1, -0.05) is 39.5 Å². The van der Waals surface area contributed by atoms with E-state index < -0.39 is 17.9 Å². The molecule has 0 aromatic carbocycles. The van der Waals surface area contributed by atoms with Gasteiger partial charge in [0.1, 0.15) is 35.6 Å². The fourth-order valence-corrected chi connectivity index (χ4v) is 1.65. The monoisotopic (exact) mass is 750 g/mol. The highest BCUT2D eigenvalue weighted by molar-refractivity contribution is 7.80. The zero-order valence-electron chi connectivity index (χ0n) is 25.3. The van der Waals surface area contributed by atoms with E-state index >= 15 is 0 Å². The van der Waals surface area contributed by atoms with Gasteiger partial charge in [-0.05, 0) is 20.8 Å². The lowest BCUT2D eigenvalue weighted by Gasteiger charge is -1.96. The minimum atomic E-state index is -0.435. The van der Waals surface area contributed by atoms with Crippen molar-refractivity contribution in [1.82, 2.24) is 0 Å². The Bertz CT molecular complexity index is 834. The number of hydrogen-bond acceptors (Lipinski definition) is 18. The first kappa shape index (κ1) is 54.8. The maximum absolute atomic E-state index is 10.4. The number of thiol groups is 6. The van der Waals surface area contributed by atoms with Gasteiger partial charge in [0.25, 0.3) is 0 Å². The van der Waals surface area contributed by atoms with Gasteiger partial charge in [0, 0.05) is 34.9 Å². The van der Waals surface area contributed by atoms with Gasteiger partial charge in [-0.2, -0.15) is 0 Å². The van der Waals surface area contributed by atoms with Crippen LogP contribution in [0.25, 0.3) is 0 Å². The second-order valence-corrected chi connectivity index (χ2v) is 7.96. The SMILES string of the molecule is C=C(C)C(=O)OCS.C=C(C)C(=O)OCS.C=C(C)C(=O)OCS.C=CC(=O)OCS.C=CC(=O)OCS.C=CC(=O)OCS. The predicted octanol–water partition coefficient (Wildman–Crippen LogP) is 4.79. The molecule has 0 fully saturated rings. The van der Waals surface area contributed by atoms with E-state index in [1.807, 2.05) is 0 Å². The van der Waals surface area contributed by atoms with E-state index in [1.165, 1.54) is 0 Å². The third-order valence-corrected chi connectivity index (χ3v) is 3.53. The summed E-state index contributed by atoms with van der Waals surface area (Å²) in [6.45, 7) is 24.4. The average Bonchev–Trinajstić information content (AvgIpc) is 2.99. The van der Waals surface area contributed by atoms with Crippen molar-refractivity contribution < 1.29 is 57.2 Å². The summed E-state index contributed by atoms with van der Waals surface area (Å²) in [5, 5.41) is 0. The van der Waals surface area contributed by atoms with Crippen molar-refractivity contribution in [2.24, 2.45) is 0 Å². The predicted molar refractivity (Wildman–Crippen MR) is 195 cm³/mol. The Kier molecular flexibility index (Phi) is 53.0. The van der Waals surface area contributed by atoms with Gasteiger partial charge >= 0.3 is 35.8 Å². The van der Waals surface area contributed by atoms with E-state index in [0.717, 1.165) is 18.2 Å². The van der Waals surface area contributed by atoms with Crippen LogP contribution in [0.2, 0.25) is 0 Å². The zero-order valence-corrected chi connectivity index (χ0v) is 30.7. The topological polar surface area (TPSA) is 158 Å². The van der Waals surface area contributed by atoms with Gasteiger partial charge < -0.3 is 28.4 Å². The van der Waals surface area contributed by atoms with Crippen LogP contribution in [0.3, 0.4) is 0 Å². The normalized spacial score (nSPS) is 7.93. The first-order valence-corrected chi connectivity index (χ1v) is 15.3. The Balaban J connectivity index is -0.000000102. The van der Waals surface area contributed by atoms with Crippen molar-refractivity contribution in [3.63, 3.8) is 0 Å². The molecule has 0 aliphatic rings. The molecular weight excluding hydrogens is 709 g/mol. The lowest BCUT2D eigenvalue weighted by molar-refractivity contribution is -0.137. The van der Waals surface area contributed by atoms with Gasteiger partial charge in [-0.25, -0.2) is 28.8 Å². The minimum absolute atomic E-state index is 0.116. The standard InChI is InChI=1S/3C5H8O2S.3C4H6O2S/c3*1-4(2)5(6)7-3-8;3*1-2-4(5)6-3-7/h3*8H,1,3H2,2H3;3*2,7H,1,3H2. The number of carbonyl (C=O) groups is 6. The van der Waals surface area contributed by atoms with Crippen LogP contribution in [-0.2, 0) is 57.2 Å². The van der Waals surface area contributed by atoms with Crippen LogP contribution in [0.5, 0.6) is 0 Å². The van der Waals surface area contributed by atoms with Crippen LogP contribution in [0.4, 0.5) is 0 Å². The Labute approximate surface area is 298 Å². The Morgan fingerprint density at radius 2 is 0.578 bits per heavy atom. The van der Waals surface area contributed by atoms with Gasteiger partial charge in [0.2, 0.25) is 0 Å². The molecule has 0 saturated heterocycles. The number of rotatable bonds is 12. The molecule has 258 valence electrons. The summed E-state index contributed by atoms with van der Waals surface area (Å²) in [4.78, 5) is 61.2. The molecule has 0 aliphatic heterocycles. The van der Waals surface area contributed by atoms with E-state index in [9.17, 15) is 28.8 Å². The second-order valence-electron chi connectivity index (χ2n) is 6.41. The average molecular weight is 751 g/mol. The highest BCUT2D eigenvalue weighted by atomic mass is 32.1. The summed E-state index contributed by atoms with van der Waals surface area (Å²) < 4.78 is 26.2. The lowest BCUT2D eigenvalue weighted by Crippen LogP contribution is -2.02. The fraction of sp³-hybridized carbons (Fsp3) is 0.333.